The lowest BCUT2D eigenvalue weighted by molar-refractivity contribution is 0.333. The maximum atomic E-state index is 13.0. The van der Waals surface area contributed by atoms with E-state index in [0.29, 0.717) is 16.5 Å². The summed E-state index contributed by atoms with van der Waals surface area (Å²) in [6, 6.07) is 10.4. The van der Waals surface area contributed by atoms with Crippen LogP contribution in [0.15, 0.2) is 46.7 Å². The molecule has 0 bridgehead atoms. The Hall–Kier alpha value is -0.880. The molecule has 1 saturated heterocycles. The van der Waals surface area contributed by atoms with Crippen LogP contribution in [0.3, 0.4) is 0 Å². The zero-order valence-electron chi connectivity index (χ0n) is 12.1. The summed E-state index contributed by atoms with van der Waals surface area (Å²) in [7, 11) is -3.50. The van der Waals surface area contributed by atoms with Gasteiger partial charge < -0.3 is 0 Å². The smallest absolute Gasteiger partial charge is 0.207 e. The van der Waals surface area contributed by atoms with E-state index in [1.807, 2.05) is 17.5 Å². The van der Waals surface area contributed by atoms with Gasteiger partial charge in [0.1, 0.15) is 0 Å². The minimum Gasteiger partial charge on any atom is -0.207 e. The highest BCUT2D eigenvalue weighted by atomic mass is 35.5. The van der Waals surface area contributed by atoms with E-state index in [2.05, 4.69) is 0 Å². The van der Waals surface area contributed by atoms with E-state index in [4.69, 9.17) is 11.6 Å². The van der Waals surface area contributed by atoms with Crippen molar-refractivity contribution in [2.75, 3.05) is 6.54 Å². The fraction of sp³-hybridized carbons (Fsp3) is 0.375. The van der Waals surface area contributed by atoms with E-state index in [1.165, 1.54) is 0 Å². The lowest BCUT2D eigenvalue weighted by atomic mass is 10.1. The van der Waals surface area contributed by atoms with Crippen molar-refractivity contribution in [2.24, 2.45) is 0 Å². The minimum atomic E-state index is -3.50. The molecule has 2 heterocycles. The van der Waals surface area contributed by atoms with Crippen LogP contribution in [0, 0.1) is 0 Å². The van der Waals surface area contributed by atoms with Gasteiger partial charge in [-0.25, -0.2) is 8.42 Å². The van der Waals surface area contributed by atoms with Crippen molar-refractivity contribution < 1.29 is 8.42 Å². The molecule has 3 rings (SSSR count). The van der Waals surface area contributed by atoms with E-state index in [0.717, 1.165) is 30.6 Å². The number of nitrogens with zero attached hydrogens (tertiary/aromatic N) is 1. The number of benzene rings is 1. The summed E-state index contributed by atoms with van der Waals surface area (Å²) in [5, 5.41) is 2.55. The molecule has 1 aromatic carbocycles. The molecule has 0 radical (unpaired) electrons. The number of thiophene rings is 1. The number of rotatable bonds is 3. The maximum Gasteiger partial charge on any atom is 0.243 e. The fourth-order valence-corrected chi connectivity index (χ4v) is 5.62. The van der Waals surface area contributed by atoms with Crippen LogP contribution in [-0.2, 0) is 10.0 Å². The average Bonchev–Trinajstić information content (AvgIpc) is 2.91. The molecule has 1 aliphatic rings. The molecule has 0 aliphatic carbocycles. The standard InChI is InChI=1S/C16H18ClNO2S2/c17-13-7-9-14(10-8-13)22(19,20)18-11-3-1-2-5-15(18)16-6-4-12-21-16/h4,6-10,12,15H,1-3,5,11H2/t15-/m1/s1. The van der Waals surface area contributed by atoms with Crippen LogP contribution in [0.1, 0.15) is 36.6 Å². The Balaban J connectivity index is 1.99. The molecule has 1 atom stereocenters. The molecule has 3 nitrogen and oxygen atoms in total. The van der Waals surface area contributed by atoms with Crippen molar-refractivity contribution >= 4 is 33.0 Å². The summed E-state index contributed by atoms with van der Waals surface area (Å²) in [6.07, 6.45) is 3.94. The SMILES string of the molecule is O=S(=O)(c1ccc(Cl)cc1)N1CCCCC[C@@H]1c1cccs1. The molecule has 6 heteroatoms. The van der Waals surface area contributed by atoms with Gasteiger partial charge in [-0.15, -0.1) is 11.3 Å². The Morgan fingerprint density at radius 1 is 1.09 bits per heavy atom. The Kier molecular flexibility index (Phi) is 4.88. The van der Waals surface area contributed by atoms with Gasteiger partial charge in [-0.05, 0) is 48.6 Å². The summed E-state index contributed by atoms with van der Waals surface area (Å²) in [6.45, 7) is 0.577. The Morgan fingerprint density at radius 3 is 2.55 bits per heavy atom. The van der Waals surface area contributed by atoms with E-state index in [1.54, 1.807) is 39.9 Å². The highest BCUT2D eigenvalue weighted by Gasteiger charge is 2.33. The second kappa shape index (κ2) is 6.71. The predicted octanol–water partition coefficient (Wildman–Crippen LogP) is 4.71. The third kappa shape index (κ3) is 3.23. The van der Waals surface area contributed by atoms with Crippen LogP contribution >= 0.6 is 22.9 Å². The van der Waals surface area contributed by atoms with Crippen LogP contribution < -0.4 is 0 Å². The number of hydrogen-bond donors (Lipinski definition) is 0. The zero-order chi connectivity index (χ0) is 15.6. The summed E-state index contributed by atoms with van der Waals surface area (Å²) in [4.78, 5) is 1.44. The predicted molar refractivity (Wildman–Crippen MR) is 90.9 cm³/mol. The molecule has 0 N–H and O–H groups in total. The second-order valence-corrected chi connectivity index (χ2v) is 8.76. The second-order valence-electron chi connectivity index (χ2n) is 5.45. The summed E-state index contributed by atoms with van der Waals surface area (Å²) < 4.78 is 27.8. The van der Waals surface area contributed by atoms with Gasteiger partial charge in [0.05, 0.1) is 10.9 Å². The first-order valence-electron chi connectivity index (χ1n) is 7.40. The van der Waals surface area contributed by atoms with Crippen molar-refractivity contribution in [2.45, 2.75) is 36.6 Å². The fourth-order valence-electron chi connectivity index (χ4n) is 2.88. The van der Waals surface area contributed by atoms with Gasteiger partial charge in [-0.1, -0.05) is 30.5 Å². The van der Waals surface area contributed by atoms with Gasteiger partial charge in [0, 0.05) is 16.4 Å². The molecule has 22 heavy (non-hydrogen) atoms. The number of sulfonamides is 1. The van der Waals surface area contributed by atoms with Crippen LogP contribution in [0.25, 0.3) is 0 Å². The van der Waals surface area contributed by atoms with Crippen molar-refractivity contribution in [1.29, 1.82) is 0 Å². The molecular formula is C16H18ClNO2S2. The zero-order valence-corrected chi connectivity index (χ0v) is 14.5. The summed E-state index contributed by atoms with van der Waals surface area (Å²) in [5.74, 6) is 0. The largest absolute Gasteiger partial charge is 0.243 e. The van der Waals surface area contributed by atoms with E-state index in [9.17, 15) is 8.42 Å². The molecule has 0 amide bonds. The Bertz CT molecular complexity index is 711. The summed E-state index contributed by atoms with van der Waals surface area (Å²) in [5.41, 5.74) is 0. The maximum absolute atomic E-state index is 13.0. The van der Waals surface area contributed by atoms with Gasteiger partial charge in [-0.3, -0.25) is 0 Å². The van der Waals surface area contributed by atoms with Gasteiger partial charge in [0.25, 0.3) is 0 Å². The van der Waals surface area contributed by atoms with Crippen LogP contribution in [0.2, 0.25) is 5.02 Å². The van der Waals surface area contributed by atoms with Crippen molar-refractivity contribution in [3.63, 3.8) is 0 Å². The first-order chi connectivity index (χ1) is 10.6. The normalized spacial score (nSPS) is 20.7. The van der Waals surface area contributed by atoms with E-state index >= 15 is 0 Å². The minimum absolute atomic E-state index is 0.0526. The lowest BCUT2D eigenvalue weighted by Gasteiger charge is -2.28. The first-order valence-corrected chi connectivity index (χ1v) is 10.1. The van der Waals surface area contributed by atoms with Crippen LogP contribution in [-0.4, -0.2) is 19.3 Å². The molecule has 118 valence electrons. The van der Waals surface area contributed by atoms with Gasteiger partial charge >= 0.3 is 0 Å². The topological polar surface area (TPSA) is 37.4 Å². The van der Waals surface area contributed by atoms with E-state index in [-0.39, 0.29) is 6.04 Å². The first kappa shape index (κ1) is 16.0. The molecule has 0 saturated carbocycles. The van der Waals surface area contributed by atoms with Crippen molar-refractivity contribution in [1.82, 2.24) is 4.31 Å². The third-order valence-corrected chi connectivity index (χ3v) is 7.14. The monoisotopic (exact) mass is 355 g/mol. The number of halogens is 1. The van der Waals surface area contributed by atoms with Crippen LogP contribution in [0.5, 0.6) is 0 Å². The molecular weight excluding hydrogens is 338 g/mol. The van der Waals surface area contributed by atoms with Gasteiger partial charge in [0.15, 0.2) is 0 Å². The van der Waals surface area contributed by atoms with Crippen molar-refractivity contribution in [3.05, 3.63) is 51.7 Å². The number of hydrogen-bond acceptors (Lipinski definition) is 3. The molecule has 1 fully saturated rings. The highest BCUT2D eigenvalue weighted by Crippen LogP contribution is 2.36. The quantitative estimate of drug-likeness (QED) is 0.799. The molecule has 0 spiro atoms. The molecule has 2 aromatic rings. The Morgan fingerprint density at radius 2 is 1.86 bits per heavy atom. The van der Waals surface area contributed by atoms with E-state index < -0.39 is 10.0 Å². The van der Waals surface area contributed by atoms with Gasteiger partial charge in [-0.2, -0.15) is 4.31 Å². The van der Waals surface area contributed by atoms with Gasteiger partial charge in [0.2, 0.25) is 10.0 Å². The lowest BCUT2D eigenvalue weighted by Crippen LogP contribution is -2.34. The summed E-state index contributed by atoms with van der Waals surface area (Å²) >= 11 is 7.51. The Labute approximate surface area is 140 Å². The van der Waals surface area contributed by atoms with Crippen LogP contribution in [0.4, 0.5) is 0 Å². The third-order valence-electron chi connectivity index (χ3n) is 4.00. The molecule has 1 aromatic heterocycles. The highest BCUT2D eigenvalue weighted by molar-refractivity contribution is 7.89. The average molecular weight is 356 g/mol. The molecule has 1 aliphatic heterocycles. The molecule has 0 unspecified atom stereocenters. The van der Waals surface area contributed by atoms with Crippen molar-refractivity contribution in [3.8, 4) is 0 Å².